The average molecular weight is 292 g/mol. The maximum absolute atomic E-state index is 11.3. The van der Waals surface area contributed by atoms with Crippen LogP contribution < -0.4 is 5.32 Å². The van der Waals surface area contributed by atoms with Crippen molar-refractivity contribution >= 4 is 23.4 Å². The van der Waals surface area contributed by atoms with Crippen LogP contribution >= 0.6 is 11.6 Å². The molecule has 104 valence electrons. The van der Waals surface area contributed by atoms with E-state index in [1.165, 1.54) is 7.11 Å². The lowest BCUT2D eigenvalue weighted by Gasteiger charge is -2.15. The Morgan fingerprint density at radius 2 is 2.00 bits per heavy atom. The molecule has 1 aromatic heterocycles. The van der Waals surface area contributed by atoms with Gasteiger partial charge in [-0.05, 0) is 30.7 Å². The minimum Gasteiger partial charge on any atom is -0.464 e. The molecule has 0 unspecified atom stereocenters. The molecule has 2 aromatic rings. The molecule has 2 rings (SSSR count). The zero-order valence-corrected chi connectivity index (χ0v) is 11.9. The van der Waals surface area contributed by atoms with Crippen molar-refractivity contribution < 1.29 is 9.53 Å². The van der Waals surface area contributed by atoms with Crippen LogP contribution in [-0.2, 0) is 4.74 Å². The number of halogens is 1. The van der Waals surface area contributed by atoms with Crippen LogP contribution in [0.5, 0.6) is 0 Å². The summed E-state index contributed by atoms with van der Waals surface area (Å²) in [5.41, 5.74) is 1.14. The van der Waals surface area contributed by atoms with Crippen LogP contribution in [0.1, 0.15) is 29.0 Å². The molecule has 0 bridgehead atoms. The van der Waals surface area contributed by atoms with Gasteiger partial charge in [-0.1, -0.05) is 29.8 Å². The molecule has 0 saturated carbocycles. The van der Waals surface area contributed by atoms with E-state index in [1.807, 2.05) is 31.2 Å². The van der Waals surface area contributed by atoms with Crippen molar-refractivity contribution in [3.05, 3.63) is 52.7 Å². The third-order valence-electron chi connectivity index (χ3n) is 2.80. The maximum atomic E-state index is 11.3. The summed E-state index contributed by atoms with van der Waals surface area (Å²) in [5.74, 6) is 0.0493. The van der Waals surface area contributed by atoms with Gasteiger partial charge in [-0.25, -0.2) is 4.79 Å². The van der Waals surface area contributed by atoms with Gasteiger partial charge < -0.3 is 10.1 Å². The summed E-state index contributed by atoms with van der Waals surface area (Å²) in [7, 11) is 1.30. The summed E-state index contributed by atoms with van der Waals surface area (Å²) in [6.07, 6.45) is 0. The highest BCUT2D eigenvalue weighted by Gasteiger charge is 2.11. The van der Waals surface area contributed by atoms with E-state index in [1.54, 1.807) is 12.1 Å². The predicted molar refractivity (Wildman–Crippen MR) is 76.9 cm³/mol. The van der Waals surface area contributed by atoms with Crippen LogP contribution in [0.4, 0.5) is 5.82 Å². The molecule has 0 fully saturated rings. The standard InChI is InChI=1S/C14H14ClN3O2/c1-9(10-5-3-4-6-11(10)15)16-13-8-7-12(17-18-13)14(19)20-2/h3-9H,1-2H3,(H,16,18)/t9-/m1/s1. The molecule has 0 spiro atoms. The Kier molecular flexibility index (Phi) is 4.53. The Morgan fingerprint density at radius 3 is 2.60 bits per heavy atom. The lowest BCUT2D eigenvalue weighted by atomic mass is 10.1. The fourth-order valence-electron chi connectivity index (χ4n) is 1.75. The van der Waals surface area contributed by atoms with Gasteiger partial charge in [-0.15, -0.1) is 10.2 Å². The number of carbonyl (C=O) groups excluding carboxylic acids is 1. The first-order valence-corrected chi connectivity index (χ1v) is 6.42. The number of nitrogens with one attached hydrogen (secondary N) is 1. The van der Waals surface area contributed by atoms with Crippen LogP contribution in [-0.4, -0.2) is 23.3 Å². The first-order chi connectivity index (χ1) is 9.61. The lowest BCUT2D eigenvalue weighted by molar-refractivity contribution is 0.0593. The van der Waals surface area contributed by atoms with Gasteiger partial charge in [0.2, 0.25) is 0 Å². The minimum atomic E-state index is -0.511. The molecule has 6 heteroatoms. The monoisotopic (exact) mass is 291 g/mol. The summed E-state index contributed by atoms with van der Waals surface area (Å²) >= 11 is 6.13. The van der Waals surface area contributed by atoms with E-state index in [-0.39, 0.29) is 11.7 Å². The molecule has 20 heavy (non-hydrogen) atoms. The van der Waals surface area contributed by atoms with Gasteiger partial charge in [0.1, 0.15) is 5.82 Å². The Morgan fingerprint density at radius 1 is 1.25 bits per heavy atom. The zero-order valence-electron chi connectivity index (χ0n) is 11.1. The molecule has 1 heterocycles. The first kappa shape index (κ1) is 14.3. The predicted octanol–water partition coefficient (Wildman–Crippen LogP) is 3.09. The second-order valence-electron chi connectivity index (χ2n) is 4.18. The molecule has 1 aromatic carbocycles. The summed E-state index contributed by atoms with van der Waals surface area (Å²) in [6.45, 7) is 1.97. The highest BCUT2D eigenvalue weighted by molar-refractivity contribution is 6.31. The second-order valence-corrected chi connectivity index (χ2v) is 4.59. The molecule has 5 nitrogen and oxygen atoms in total. The maximum Gasteiger partial charge on any atom is 0.358 e. The fraction of sp³-hybridized carbons (Fsp3) is 0.214. The molecule has 0 aliphatic heterocycles. The number of hydrogen-bond donors (Lipinski definition) is 1. The van der Waals surface area contributed by atoms with Crippen molar-refractivity contribution in [2.45, 2.75) is 13.0 Å². The molecule has 1 atom stereocenters. The quantitative estimate of drug-likeness (QED) is 0.877. The normalized spacial score (nSPS) is 11.8. The molecule has 0 aliphatic rings. The van der Waals surface area contributed by atoms with Crippen LogP contribution in [0, 0.1) is 0 Å². The SMILES string of the molecule is COC(=O)c1ccc(N[C@H](C)c2ccccc2Cl)nn1. The largest absolute Gasteiger partial charge is 0.464 e. The smallest absolute Gasteiger partial charge is 0.358 e. The number of carbonyl (C=O) groups is 1. The number of hydrogen-bond acceptors (Lipinski definition) is 5. The highest BCUT2D eigenvalue weighted by atomic mass is 35.5. The van der Waals surface area contributed by atoms with Crippen molar-refractivity contribution in [2.75, 3.05) is 12.4 Å². The summed E-state index contributed by atoms with van der Waals surface area (Å²) < 4.78 is 4.56. The number of nitrogens with zero attached hydrogens (tertiary/aromatic N) is 2. The fourth-order valence-corrected chi connectivity index (χ4v) is 2.05. The van der Waals surface area contributed by atoms with Crippen LogP contribution in [0.15, 0.2) is 36.4 Å². The van der Waals surface area contributed by atoms with Crippen LogP contribution in [0.2, 0.25) is 5.02 Å². The van der Waals surface area contributed by atoms with Gasteiger partial charge in [0, 0.05) is 5.02 Å². The minimum absolute atomic E-state index is 0.0259. The van der Waals surface area contributed by atoms with Gasteiger partial charge in [-0.2, -0.15) is 0 Å². The van der Waals surface area contributed by atoms with E-state index in [0.717, 1.165) is 5.56 Å². The molecular weight excluding hydrogens is 278 g/mol. The van der Waals surface area contributed by atoms with Gasteiger partial charge in [0.25, 0.3) is 0 Å². The first-order valence-electron chi connectivity index (χ1n) is 6.05. The van der Waals surface area contributed by atoms with Gasteiger partial charge in [0.15, 0.2) is 5.69 Å². The topological polar surface area (TPSA) is 64.1 Å². The number of aromatic nitrogens is 2. The molecule has 0 saturated heterocycles. The third-order valence-corrected chi connectivity index (χ3v) is 3.14. The second kappa shape index (κ2) is 6.34. The molecule has 0 amide bonds. The zero-order chi connectivity index (χ0) is 14.5. The van der Waals surface area contributed by atoms with Crippen molar-refractivity contribution in [3.63, 3.8) is 0 Å². The Bertz CT molecular complexity index is 602. The van der Waals surface area contributed by atoms with E-state index in [9.17, 15) is 4.79 Å². The summed E-state index contributed by atoms with van der Waals surface area (Å²) in [6, 6.07) is 10.8. The molecule has 0 aliphatic carbocycles. The molecule has 1 N–H and O–H groups in total. The summed E-state index contributed by atoms with van der Waals surface area (Å²) in [4.78, 5) is 11.3. The van der Waals surface area contributed by atoms with E-state index < -0.39 is 5.97 Å². The highest BCUT2D eigenvalue weighted by Crippen LogP contribution is 2.24. The average Bonchev–Trinajstić information content (AvgIpc) is 2.47. The number of methoxy groups -OCH3 is 1. The number of benzene rings is 1. The third kappa shape index (κ3) is 3.24. The van der Waals surface area contributed by atoms with Crippen molar-refractivity contribution in [1.82, 2.24) is 10.2 Å². The van der Waals surface area contributed by atoms with Crippen molar-refractivity contribution in [2.24, 2.45) is 0 Å². The van der Waals surface area contributed by atoms with Crippen LogP contribution in [0.25, 0.3) is 0 Å². The summed E-state index contributed by atoms with van der Waals surface area (Å²) in [5, 5.41) is 11.6. The van der Waals surface area contributed by atoms with Crippen molar-refractivity contribution in [1.29, 1.82) is 0 Å². The molecular formula is C14H14ClN3O2. The Labute approximate surface area is 121 Å². The van der Waals surface area contributed by atoms with Crippen LogP contribution in [0.3, 0.4) is 0 Å². The van der Waals surface area contributed by atoms with Gasteiger partial charge in [0.05, 0.1) is 13.2 Å². The van der Waals surface area contributed by atoms with E-state index >= 15 is 0 Å². The lowest BCUT2D eigenvalue weighted by Crippen LogP contribution is -2.11. The molecule has 0 radical (unpaired) electrons. The van der Waals surface area contributed by atoms with Gasteiger partial charge >= 0.3 is 5.97 Å². The van der Waals surface area contributed by atoms with E-state index in [4.69, 9.17) is 11.6 Å². The number of anilines is 1. The van der Waals surface area contributed by atoms with Gasteiger partial charge in [-0.3, -0.25) is 0 Å². The van der Waals surface area contributed by atoms with Crippen molar-refractivity contribution in [3.8, 4) is 0 Å². The number of rotatable bonds is 4. The van der Waals surface area contributed by atoms with E-state index in [2.05, 4.69) is 20.3 Å². The Balaban J connectivity index is 2.10. The Hall–Kier alpha value is -2.14. The number of ether oxygens (including phenoxy) is 1. The number of esters is 1. The van der Waals surface area contributed by atoms with E-state index in [0.29, 0.717) is 10.8 Å².